The van der Waals surface area contributed by atoms with Gasteiger partial charge in [0.15, 0.2) is 0 Å². The van der Waals surface area contributed by atoms with Crippen molar-refractivity contribution in [3.05, 3.63) is 53.9 Å². The van der Waals surface area contributed by atoms with Crippen LogP contribution < -0.4 is 5.32 Å². The Morgan fingerprint density at radius 1 is 1.15 bits per heavy atom. The molecule has 0 atom stereocenters. The summed E-state index contributed by atoms with van der Waals surface area (Å²) >= 11 is 0. The zero-order valence-corrected chi connectivity index (χ0v) is 12.8. The van der Waals surface area contributed by atoms with Crippen LogP contribution in [0.3, 0.4) is 0 Å². The zero-order chi connectivity index (χ0) is 14.4. The van der Waals surface area contributed by atoms with E-state index in [2.05, 4.69) is 55.5 Å². The van der Waals surface area contributed by atoms with E-state index in [1.807, 2.05) is 23.1 Å². The van der Waals surface area contributed by atoms with Crippen molar-refractivity contribution in [3.63, 3.8) is 0 Å². The first-order valence-electron chi connectivity index (χ1n) is 7.33. The van der Waals surface area contributed by atoms with Crippen LogP contribution in [0.1, 0.15) is 38.3 Å². The van der Waals surface area contributed by atoms with Crippen molar-refractivity contribution in [1.29, 1.82) is 0 Å². The van der Waals surface area contributed by atoms with Crippen LogP contribution in [0.15, 0.2) is 42.7 Å². The maximum atomic E-state index is 4.19. The number of hydrogen-bond acceptors (Lipinski definition) is 2. The number of aromatic nitrogens is 2. The molecule has 1 aromatic carbocycles. The van der Waals surface area contributed by atoms with Crippen molar-refractivity contribution in [2.24, 2.45) is 0 Å². The van der Waals surface area contributed by atoms with E-state index in [0.29, 0.717) is 0 Å². The molecule has 0 aliphatic heterocycles. The highest BCUT2D eigenvalue weighted by molar-refractivity contribution is 5.27. The molecule has 3 nitrogen and oxygen atoms in total. The molecule has 1 heterocycles. The third-order valence-electron chi connectivity index (χ3n) is 3.45. The van der Waals surface area contributed by atoms with E-state index < -0.39 is 0 Å². The minimum Gasteiger partial charge on any atom is -0.313 e. The first kappa shape index (κ1) is 14.8. The summed E-state index contributed by atoms with van der Waals surface area (Å²) in [5.41, 5.74) is 2.97. The molecular formula is C17H25N3. The van der Waals surface area contributed by atoms with E-state index in [0.717, 1.165) is 26.1 Å². The van der Waals surface area contributed by atoms with Gasteiger partial charge in [0.1, 0.15) is 0 Å². The Labute approximate surface area is 122 Å². The predicted octanol–water partition coefficient (Wildman–Crippen LogP) is 3.36. The second kappa shape index (κ2) is 6.71. The molecule has 108 valence electrons. The average Bonchev–Trinajstić information content (AvgIpc) is 2.91. The SMILES string of the molecule is CC(C)(C)c1ccc(CNCCCn2cccn2)cc1. The van der Waals surface area contributed by atoms with Gasteiger partial charge >= 0.3 is 0 Å². The number of hydrogen-bond donors (Lipinski definition) is 1. The molecule has 0 fully saturated rings. The van der Waals surface area contributed by atoms with Crippen molar-refractivity contribution in [2.75, 3.05) is 6.54 Å². The minimum absolute atomic E-state index is 0.232. The molecule has 2 rings (SSSR count). The smallest absolute Gasteiger partial charge is 0.0489 e. The van der Waals surface area contributed by atoms with Crippen LogP contribution in [0, 0.1) is 0 Å². The molecule has 1 N–H and O–H groups in total. The van der Waals surface area contributed by atoms with Crippen LogP contribution in [0.2, 0.25) is 0 Å². The Kier molecular flexibility index (Phi) is 4.96. The normalized spacial score (nSPS) is 11.8. The highest BCUT2D eigenvalue weighted by Gasteiger charge is 2.12. The van der Waals surface area contributed by atoms with Gasteiger partial charge in [-0.3, -0.25) is 4.68 Å². The number of nitrogens with one attached hydrogen (secondary N) is 1. The third-order valence-corrected chi connectivity index (χ3v) is 3.45. The van der Waals surface area contributed by atoms with Gasteiger partial charge in [-0.05, 0) is 35.6 Å². The fourth-order valence-electron chi connectivity index (χ4n) is 2.15. The largest absolute Gasteiger partial charge is 0.313 e. The summed E-state index contributed by atoms with van der Waals surface area (Å²) in [7, 11) is 0. The van der Waals surface area contributed by atoms with Crippen molar-refractivity contribution in [3.8, 4) is 0 Å². The van der Waals surface area contributed by atoms with E-state index in [9.17, 15) is 0 Å². The lowest BCUT2D eigenvalue weighted by molar-refractivity contribution is 0.543. The Bertz CT molecular complexity index is 492. The quantitative estimate of drug-likeness (QED) is 0.816. The predicted molar refractivity (Wildman–Crippen MR) is 83.7 cm³/mol. The van der Waals surface area contributed by atoms with Crippen LogP contribution in [0.5, 0.6) is 0 Å². The summed E-state index contributed by atoms with van der Waals surface area (Å²) < 4.78 is 1.97. The summed E-state index contributed by atoms with van der Waals surface area (Å²) in [6, 6.07) is 10.9. The molecule has 0 bridgehead atoms. The molecule has 0 spiro atoms. The molecule has 0 aliphatic carbocycles. The lowest BCUT2D eigenvalue weighted by Crippen LogP contribution is -2.17. The highest BCUT2D eigenvalue weighted by Crippen LogP contribution is 2.22. The van der Waals surface area contributed by atoms with Gasteiger partial charge in [0, 0.05) is 25.5 Å². The van der Waals surface area contributed by atoms with E-state index in [-0.39, 0.29) is 5.41 Å². The Hall–Kier alpha value is -1.61. The summed E-state index contributed by atoms with van der Waals surface area (Å²) in [6.07, 6.45) is 4.93. The second-order valence-electron chi connectivity index (χ2n) is 6.25. The first-order valence-corrected chi connectivity index (χ1v) is 7.33. The molecule has 3 heteroatoms. The Morgan fingerprint density at radius 2 is 1.90 bits per heavy atom. The maximum Gasteiger partial charge on any atom is 0.0489 e. The van der Waals surface area contributed by atoms with Gasteiger partial charge in [0.25, 0.3) is 0 Å². The number of benzene rings is 1. The van der Waals surface area contributed by atoms with E-state index in [1.165, 1.54) is 11.1 Å². The molecule has 0 aliphatic rings. The summed E-state index contributed by atoms with van der Waals surface area (Å²) in [5.74, 6) is 0. The van der Waals surface area contributed by atoms with Crippen LogP contribution in [0.4, 0.5) is 0 Å². The van der Waals surface area contributed by atoms with Crippen molar-refractivity contribution in [1.82, 2.24) is 15.1 Å². The zero-order valence-electron chi connectivity index (χ0n) is 12.8. The lowest BCUT2D eigenvalue weighted by Gasteiger charge is -2.19. The van der Waals surface area contributed by atoms with Gasteiger partial charge in [0.05, 0.1) is 0 Å². The number of rotatable bonds is 6. The molecule has 2 aromatic rings. The van der Waals surface area contributed by atoms with Crippen molar-refractivity contribution < 1.29 is 0 Å². The van der Waals surface area contributed by atoms with Gasteiger partial charge in [-0.2, -0.15) is 5.10 Å². The van der Waals surface area contributed by atoms with Gasteiger partial charge in [-0.25, -0.2) is 0 Å². The minimum atomic E-state index is 0.232. The van der Waals surface area contributed by atoms with Crippen LogP contribution in [-0.4, -0.2) is 16.3 Å². The van der Waals surface area contributed by atoms with E-state index in [4.69, 9.17) is 0 Å². The van der Waals surface area contributed by atoms with Crippen LogP contribution in [-0.2, 0) is 18.5 Å². The molecule has 0 unspecified atom stereocenters. The average molecular weight is 271 g/mol. The fourth-order valence-corrected chi connectivity index (χ4v) is 2.15. The molecule has 0 saturated heterocycles. The second-order valence-corrected chi connectivity index (χ2v) is 6.25. The van der Waals surface area contributed by atoms with Gasteiger partial charge in [0.2, 0.25) is 0 Å². The van der Waals surface area contributed by atoms with E-state index in [1.54, 1.807) is 0 Å². The van der Waals surface area contributed by atoms with Crippen LogP contribution >= 0.6 is 0 Å². The maximum absolute atomic E-state index is 4.19. The molecular weight excluding hydrogens is 246 g/mol. The van der Waals surface area contributed by atoms with E-state index >= 15 is 0 Å². The molecule has 0 amide bonds. The standard InChI is InChI=1S/C17H25N3/c1-17(2,3)16-8-6-15(7-9-16)14-18-10-4-12-20-13-5-11-19-20/h5-9,11,13,18H,4,10,12,14H2,1-3H3. The Balaban J connectivity index is 1.69. The van der Waals surface area contributed by atoms with Crippen LogP contribution in [0.25, 0.3) is 0 Å². The first-order chi connectivity index (χ1) is 9.55. The number of nitrogens with zero attached hydrogens (tertiary/aromatic N) is 2. The van der Waals surface area contributed by atoms with Crippen molar-refractivity contribution in [2.45, 2.75) is 45.7 Å². The highest BCUT2D eigenvalue weighted by atomic mass is 15.3. The van der Waals surface area contributed by atoms with Gasteiger partial charge < -0.3 is 5.32 Å². The molecule has 20 heavy (non-hydrogen) atoms. The van der Waals surface area contributed by atoms with Gasteiger partial charge in [-0.1, -0.05) is 45.0 Å². The summed E-state index contributed by atoms with van der Waals surface area (Å²) in [4.78, 5) is 0. The molecule has 0 radical (unpaired) electrons. The Morgan fingerprint density at radius 3 is 2.50 bits per heavy atom. The number of aryl methyl sites for hydroxylation is 1. The fraction of sp³-hybridized carbons (Fsp3) is 0.471. The summed E-state index contributed by atoms with van der Waals surface area (Å²) in [6.45, 7) is 9.66. The van der Waals surface area contributed by atoms with Gasteiger partial charge in [-0.15, -0.1) is 0 Å². The summed E-state index contributed by atoms with van der Waals surface area (Å²) in [5, 5.41) is 7.67. The topological polar surface area (TPSA) is 29.9 Å². The van der Waals surface area contributed by atoms with Crippen molar-refractivity contribution >= 4 is 0 Å². The third kappa shape index (κ3) is 4.49. The molecule has 1 aromatic heterocycles. The molecule has 0 saturated carbocycles. The monoisotopic (exact) mass is 271 g/mol. The lowest BCUT2D eigenvalue weighted by atomic mass is 9.87.